The van der Waals surface area contributed by atoms with Crippen molar-refractivity contribution in [1.82, 2.24) is 4.98 Å². The highest BCUT2D eigenvalue weighted by atomic mass is 19.1. The number of benzene rings is 3. The lowest BCUT2D eigenvalue weighted by Crippen LogP contribution is -2.31. The van der Waals surface area contributed by atoms with E-state index in [4.69, 9.17) is 5.73 Å². The Bertz CT molecular complexity index is 1330. The molecule has 4 rings (SSSR count). The van der Waals surface area contributed by atoms with Crippen molar-refractivity contribution in [2.75, 3.05) is 5.32 Å². The van der Waals surface area contributed by atoms with Crippen LogP contribution in [0.25, 0.3) is 22.0 Å². The van der Waals surface area contributed by atoms with Crippen molar-refractivity contribution in [2.24, 2.45) is 5.73 Å². The maximum atomic E-state index is 13.9. The summed E-state index contributed by atoms with van der Waals surface area (Å²) in [5, 5.41) is 3.36. The molecule has 1 amide bonds. The maximum Gasteiger partial charge on any atom is 0.272 e. The number of aromatic nitrogens is 1. The highest BCUT2D eigenvalue weighted by molar-refractivity contribution is 6.05. The van der Waals surface area contributed by atoms with Gasteiger partial charge in [-0.1, -0.05) is 48.5 Å². The third kappa shape index (κ3) is 4.58. The number of halogens is 2. The summed E-state index contributed by atoms with van der Waals surface area (Å²) in [6.45, 7) is 0. The molecule has 1 aromatic heterocycles. The first-order valence-corrected chi connectivity index (χ1v) is 10.1. The molecule has 0 saturated carbocycles. The molecule has 0 fully saturated rings. The number of nitrogens with one attached hydrogen (secondary N) is 2. The van der Waals surface area contributed by atoms with Gasteiger partial charge in [0.2, 0.25) is 5.91 Å². The molecule has 0 saturated heterocycles. The van der Waals surface area contributed by atoms with E-state index in [1.807, 2.05) is 12.1 Å². The molecule has 3 aromatic carbocycles. The molecule has 0 bridgehead atoms. The van der Waals surface area contributed by atoms with Gasteiger partial charge in [0, 0.05) is 28.9 Å². The lowest BCUT2D eigenvalue weighted by atomic mass is 9.99. The zero-order chi connectivity index (χ0) is 22.7. The average Bonchev–Trinajstić information content (AvgIpc) is 2.76. The van der Waals surface area contributed by atoms with Gasteiger partial charge in [-0.05, 0) is 41.8 Å². The van der Waals surface area contributed by atoms with E-state index in [-0.39, 0.29) is 24.3 Å². The second-order valence-corrected chi connectivity index (χ2v) is 7.56. The van der Waals surface area contributed by atoms with Gasteiger partial charge < -0.3 is 16.0 Å². The smallest absolute Gasteiger partial charge is 0.272 e. The Morgan fingerprint density at radius 3 is 2.41 bits per heavy atom. The first-order valence-electron chi connectivity index (χ1n) is 10.1. The third-order valence-electron chi connectivity index (χ3n) is 5.21. The first kappa shape index (κ1) is 21.4. The van der Waals surface area contributed by atoms with E-state index < -0.39 is 23.3 Å². The summed E-state index contributed by atoms with van der Waals surface area (Å²) < 4.78 is 27.4. The Hall–Kier alpha value is -3.84. The second-order valence-electron chi connectivity index (χ2n) is 7.56. The number of hydrogen-bond acceptors (Lipinski definition) is 3. The Kier molecular flexibility index (Phi) is 6.09. The van der Waals surface area contributed by atoms with Gasteiger partial charge in [-0.15, -0.1) is 0 Å². The fourth-order valence-corrected chi connectivity index (χ4v) is 3.73. The van der Waals surface area contributed by atoms with E-state index in [9.17, 15) is 18.4 Å². The van der Waals surface area contributed by atoms with Crippen molar-refractivity contribution in [2.45, 2.75) is 18.9 Å². The summed E-state index contributed by atoms with van der Waals surface area (Å²) in [4.78, 5) is 28.3. The molecule has 0 radical (unpaired) electrons. The van der Waals surface area contributed by atoms with Crippen molar-refractivity contribution in [3.63, 3.8) is 0 Å². The predicted octanol–water partition coefficient (Wildman–Crippen LogP) is 4.37. The lowest BCUT2D eigenvalue weighted by Gasteiger charge is -2.16. The third-order valence-corrected chi connectivity index (χ3v) is 5.21. The zero-order valence-electron chi connectivity index (χ0n) is 17.1. The number of amides is 1. The SMILES string of the molecule is N[C@@H](CC(=O)Nc1c(-c2ccc(F)cc2)c2ccccc2[nH]c1=O)Cc1ccccc1F. The Labute approximate surface area is 182 Å². The molecular weight excluding hydrogens is 412 g/mol. The Balaban J connectivity index is 1.65. The molecule has 0 aliphatic heterocycles. The normalized spacial score (nSPS) is 12.0. The maximum absolute atomic E-state index is 13.9. The minimum Gasteiger partial charge on any atom is -0.327 e. The number of nitrogens with two attached hydrogens (primary N) is 1. The molecule has 0 spiro atoms. The second kappa shape index (κ2) is 9.11. The van der Waals surface area contributed by atoms with Crippen molar-refractivity contribution < 1.29 is 13.6 Å². The monoisotopic (exact) mass is 433 g/mol. The van der Waals surface area contributed by atoms with Crippen LogP contribution in [-0.2, 0) is 11.2 Å². The summed E-state index contributed by atoms with van der Waals surface area (Å²) in [5.41, 5.74) is 7.71. The van der Waals surface area contributed by atoms with Crippen LogP contribution in [0, 0.1) is 11.6 Å². The van der Waals surface area contributed by atoms with Crippen LogP contribution >= 0.6 is 0 Å². The van der Waals surface area contributed by atoms with Crippen LogP contribution in [0.4, 0.5) is 14.5 Å². The van der Waals surface area contributed by atoms with Crippen molar-refractivity contribution in [3.8, 4) is 11.1 Å². The number of rotatable bonds is 6. The highest BCUT2D eigenvalue weighted by Crippen LogP contribution is 2.32. The lowest BCUT2D eigenvalue weighted by molar-refractivity contribution is -0.116. The molecule has 0 unspecified atom stereocenters. The predicted molar refractivity (Wildman–Crippen MR) is 121 cm³/mol. The van der Waals surface area contributed by atoms with Gasteiger partial charge >= 0.3 is 0 Å². The average molecular weight is 433 g/mol. The molecule has 1 atom stereocenters. The van der Waals surface area contributed by atoms with Crippen LogP contribution in [0.1, 0.15) is 12.0 Å². The molecule has 4 aromatic rings. The Morgan fingerprint density at radius 2 is 1.66 bits per heavy atom. The number of hydrogen-bond donors (Lipinski definition) is 3. The van der Waals surface area contributed by atoms with Crippen molar-refractivity contribution >= 4 is 22.5 Å². The van der Waals surface area contributed by atoms with Gasteiger partial charge in [-0.2, -0.15) is 0 Å². The summed E-state index contributed by atoms with van der Waals surface area (Å²) in [6, 6.07) is 18.4. The quantitative estimate of drug-likeness (QED) is 0.422. The van der Waals surface area contributed by atoms with Crippen LogP contribution in [0.15, 0.2) is 77.6 Å². The number of aromatic amines is 1. The fraction of sp³-hybridized carbons (Fsp3) is 0.120. The summed E-state index contributed by atoms with van der Waals surface area (Å²) in [7, 11) is 0. The molecule has 5 nitrogen and oxygen atoms in total. The minimum absolute atomic E-state index is 0.0541. The van der Waals surface area contributed by atoms with E-state index in [0.717, 1.165) is 0 Å². The largest absolute Gasteiger partial charge is 0.327 e. The van der Waals surface area contributed by atoms with Crippen LogP contribution in [0.3, 0.4) is 0 Å². The highest BCUT2D eigenvalue weighted by Gasteiger charge is 2.19. The van der Waals surface area contributed by atoms with Crippen molar-refractivity contribution in [3.05, 3.63) is 100 Å². The molecule has 0 aliphatic rings. The number of carbonyl (C=O) groups excluding carboxylic acids is 1. The van der Waals surface area contributed by atoms with Gasteiger partial charge in [0.05, 0.1) is 0 Å². The van der Waals surface area contributed by atoms with E-state index in [0.29, 0.717) is 27.6 Å². The van der Waals surface area contributed by atoms with Crippen LogP contribution < -0.4 is 16.6 Å². The summed E-state index contributed by atoms with van der Waals surface area (Å²) >= 11 is 0. The van der Waals surface area contributed by atoms with E-state index in [2.05, 4.69) is 10.3 Å². The molecular formula is C25H21F2N3O2. The van der Waals surface area contributed by atoms with Gasteiger partial charge in [0.1, 0.15) is 17.3 Å². The molecule has 4 N–H and O–H groups in total. The van der Waals surface area contributed by atoms with Crippen LogP contribution in [-0.4, -0.2) is 16.9 Å². The minimum atomic E-state index is -0.638. The fourth-order valence-electron chi connectivity index (χ4n) is 3.73. The summed E-state index contributed by atoms with van der Waals surface area (Å²) in [5.74, 6) is -1.27. The van der Waals surface area contributed by atoms with E-state index >= 15 is 0 Å². The number of anilines is 1. The van der Waals surface area contributed by atoms with E-state index in [1.165, 1.54) is 18.2 Å². The molecule has 162 valence electrons. The molecule has 1 heterocycles. The van der Waals surface area contributed by atoms with Crippen LogP contribution in [0.2, 0.25) is 0 Å². The van der Waals surface area contributed by atoms with Gasteiger partial charge in [0.25, 0.3) is 5.56 Å². The number of H-pyrrole nitrogens is 1. The molecule has 0 aliphatic carbocycles. The van der Waals surface area contributed by atoms with Crippen molar-refractivity contribution in [1.29, 1.82) is 0 Å². The van der Waals surface area contributed by atoms with Gasteiger partial charge in [0.15, 0.2) is 0 Å². The van der Waals surface area contributed by atoms with Gasteiger partial charge in [-0.3, -0.25) is 9.59 Å². The zero-order valence-corrected chi connectivity index (χ0v) is 17.1. The number of carbonyl (C=O) groups is 1. The number of fused-ring (bicyclic) bond motifs is 1. The van der Waals surface area contributed by atoms with E-state index in [1.54, 1.807) is 42.5 Å². The Morgan fingerprint density at radius 1 is 0.969 bits per heavy atom. The number of pyridine rings is 1. The molecule has 7 heteroatoms. The number of para-hydroxylation sites is 1. The standard InChI is InChI=1S/C25H21F2N3O2/c26-17-11-9-15(10-12-17)23-19-6-2-4-8-21(19)29-25(32)24(23)30-22(31)14-18(28)13-16-5-1-3-7-20(16)27/h1-12,18H,13-14,28H2,(H,29,32)(H,30,31)/t18-/m1/s1. The topological polar surface area (TPSA) is 88.0 Å². The summed E-state index contributed by atoms with van der Waals surface area (Å²) in [6.07, 6.45) is 0.0719. The first-order chi connectivity index (χ1) is 15.4. The van der Waals surface area contributed by atoms with Crippen LogP contribution in [0.5, 0.6) is 0 Å². The molecule has 32 heavy (non-hydrogen) atoms. The van der Waals surface area contributed by atoms with Gasteiger partial charge in [-0.25, -0.2) is 8.78 Å².